The molecule has 0 bridgehead atoms. The SMILES string of the molecule is CN=C(NCCOCCS(C)(=O)=O)NCC(c1ccccc1OC)N1CCCC1. The van der Waals surface area contributed by atoms with Crippen LogP contribution in [0.2, 0.25) is 0 Å². The third-order valence-corrected chi connectivity index (χ3v) is 5.81. The number of hydrogen-bond donors (Lipinski definition) is 2. The Morgan fingerprint density at radius 2 is 1.93 bits per heavy atom. The lowest BCUT2D eigenvalue weighted by Crippen LogP contribution is -2.43. The standard InChI is InChI=1S/C20H34N4O4S/c1-21-20(22-10-13-28-14-15-29(3,25)26)23-16-18(24-11-6-7-12-24)17-8-4-5-9-19(17)27-2/h4-5,8-9,18H,6-7,10-16H2,1-3H3,(H2,21,22,23). The maximum atomic E-state index is 11.1. The number of benzene rings is 1. The molecular weight excluding hydrogens is 392 g/mol. The second-order valence-corrected chi connectivity index (χ2v) is 9.38. The molecule has 2 rings (SSSR count). The van der Waals surface area contributed by atoms with Gasteiger partial charge in [-0.3, -0.25) is 9.89 Å². The summed E-state index contributed by atoms with van der Waals surface area (Å²) in [5, 5.41) is 6.61. The molecule has 1 atom stereocenters. The van der Waals surface area contributed by atoms with Gasteiger partial charge in [0.15, 0.2) is 5.96 Å². The van der Waals surface area contributed by atoms with Crippen LogP contribution in [-0.4, -0.2) is 84.8 Å². The first-order chi connectivity index (χ1) is 13.9. The van der Waals surface area contributed by atoms with Crippen molar-refractivity contribution in [1.82, 2.24) is 15.5 Å². The Labute approximate surface area is 174 Å². The van der Waals surface area contributed by atoms with Gasteiger partial charge in [0.1, 0.15) is 15.6 Å². The van der Waals surface area contributed by atoms with E-state index in [2.05, 4.69) is 26.6 Å². The number of para-hydroxylation sites is 1. The molecule has 164 valence electrons. The lowest BCUT2D eigenvalue weighted by Gasteiger charge is -2.30. The van der Waals surface area contributed by atoms with E-state index in [9.17, 15) is 8.42 Å². The zero-order valence-corrected chi connectivity index (χ0v) is 18.5. The van der Waals surface area contributed by atoms with Gasteiger partial charge < -0.3 is 20.1 Å². The van der Waals surface area contributed by atoms with Crippen molar-refractivity contribution >= 4 is 15.8 Å². The van der Waals surface area contributed by atoms with Gasteiger partial charge in [0.2, 0.25) is 0 Å². The number of nitrogens with one attached hydrogen (secondary N) is 2. The van der Waals surface area contributed by atoms with Gasteiger partial charge in [0, 0.05) is 32.0 Å². The molecule has 0 saturated carbocycles. The molecule has 0 spiro atoms. The van der Waals surface area contributed by atoms with Gasteiger partial charge in [-0.05, 0) is 32.0 Å². The summed E-state index contributed by atoms with van der Waals surface area (Å²) >= 11 is 0. The number of likely N-dealkylation sites (tertiary alicyclic amines) is 1. The van der Waals surface area contributed by atoms with E-state index in [-0.39, 0.29) is 18.4 Å². The molecule has 9 heteroatoms. The quantitative estimate of drug-likeness (QED) is 0.310. The van der Waals surface area contributed by atoms with Gasteiger partial charge in [-0.15, -0.1) is 0 Å². The second-order valence-electron chi connectivity index (χ2n) is 7.12. The van der Waals surface area contributed by atoms with Crippen molar-refractivity contribution in [1.29, 1.82) is 0 Å². The number of ether oxygens (including phenoxy) is 2. The number of sulfone groups is 1. The van der Waals surface area contributed by atoms with Gasteiger partial charge in [0.05, 0.1) is 32.1 Å². The molecule has 2 N–H and O–H groups in total. The number of guanidine groups is 1. The summed E-state index contributed by atoms with van der Waals surface area (Å²) in [6, 6.07) is 8.34. The summed E-state index contributed by atoms with van der Waals surface area (Å²) in [5.74, 6) is 1.63. The molecule has 1 heterocycles. The average Bonchev–Trinajstić information content (AvgIpc) is 3.23. The van der Waals surface area contributed by atoms with Crippen LogP contribution in [0.5, 0.6) is 5.75 Å². The summed E-state index contributed by atoms with van der Waals surface area (Å²) < 4.78 is 33.2. The lowest BCUT2D eigenvalue weighted by atomic mass is 10.0. The average molecular weight is 427 g/mol. The number of aliphatic imine (C=N–C) groups is 1. The van der Waals surface area contributed by atoms with E-state index in [1.54, 1.807) is 14.2 Å². The molecule has 0 radical (unpaired) electrons. The fourth-order valence-electron chi connectivity index (χ4n) is 3.40. The summed E-state index contributed by atoms with van der Waals surface area (Å²) in [6.07, 6.45) is 3.63. The molecule has 1 fully saturated rings. The summed E-state index contributed by atoms with van der Waals surface area (Å²) in [4.78, 5) is 6.75. The molecule has 1 aromatic rings. The number of nitrogens with zero attached hydrogens (tertiary/aromatic N) is 2. The number of hydrogen-bond acceptors (Lipinski definition) is 6. The fourth-order valence-corrected chi connectivity index (χ4v) is 3.82. The zero-order chi connectivity index (χ0) is 21.1. The first kappa shape index (κ1) is 23.4. The molecule has 0 amide bonds. The minimum Gasteiger partial charge on any atom is -0.496 e. The molecule has 8 nitrogen and oxygen atoms in total. The topological polar surface area (TPSA) is 92.3 Å². The fraction of sp³-hybridized carbons (Fsp3) is 0.650. The van der Waals surface area contributed by atoms with Crippen LogP contribution in [0.4, 0.5) is 0 Å². The van der Waals surface area contributed by atoms with Crippen LogP contribution in [0.15, 0.2) is 29.3 Å². The molecule has 1 aromatic carbocycles. The molecular formula is C20H34N4O4S. The van der Waals surface area contributed by atoms with Gasteiger partial charge in [0.25, 0.3) is 0 Å². The largest absolute Gasteiger partial charge is 0.496 e. The van der Waals surface area contributed by atoms with E-state index in [1.807, 2.05) is 18.2 Å². The minimum absolute atomic E-state index is 0.0381. The zero-order valence-electron chi connectivity index (χ0n) is 17.7. The summed E-state index contributed by atoms with van der Waals surface area (Å²) in [5.41, 5.74) is 1.17. The predicted octanol–water partition coefficient (Wildman–Crippen LogP) is 1.06. The van der Waals surface area contributed by atoms with E-state index < -0.39 is 9.84 Å². The Hall–Kier alpha value is -1.84. The third-order valence-electron chi connectivity index (χ3n) is 4.90. The van der Waals surface area contributed by atoms with Crippen LogP contribution >= 0.6 is 0 Å². The Kier molecular flexibility index (Phi) is 9.69. The van der Waals surface area contributed by atoms with Crippen molar-refractivity contribution < 1.29 is 17.9 Å². The highest BCUT2D eigenvalue weighted by Gasteiger charge is 2.25. The van der Waals surface area contributed by atoms with E-state index in [1.165, 1.54) is 24.7 Å². The first-order valence-corrected chi connectivity index (χ1v) is 12.1. The number of rotatable bonds is 11. The van der Waals surface area contributed by atoms with E-state index in [0.29, 0.717) is 25.7 Å². The third kappa shape index (κ3) is 8.20. The molecule has 1 aliphatic heterocycles. The first-order valence-electron chi connectivity index (χ1n) is 10.0. The summed E-state index contributed by atoms with van der Waals surface area (Å²) in [7, 11) is 0.449. The van der Waals surface area contributed by atoms with Crippen molar-refractivity contribution in [3.63, 3.8) is 0 Å². The molecule has 29 heavy (non-hydrogen) atoms. The molecule has 0 aliphatic carbocycles. The van der Waals surface area contributed by atoms with Gasteiger partial charge in [-0.25, -0.2) is 8.42 Å². The highest BCUT2D eigenvalue weighted by atomic mass is 32.2. The maximum absolute atomic E-state index is 11.1. The van der Waals surface area contributed by atoms with Crippen molar-refractivity contribution in [2.24, 2.45) is 4.99 Å². The van der Waals surface area contributed by atoms with Crippen molar-refractivity contribution in [3.05, 3.63) is 29.8 Å². The molecule has 1 aliphatic rings. The normalized spacial score (nSPS) is 16.6. The lowest BCUT2D eigenvalue weighted by molar-refractivity contribution is 0.154. The van der Waals surface area contributed by atoms with E-state index >= 15 is 0 Å². The maximum Gasteiger partial charge on any atom is 0.191 e. The second kappa shape index (κ2) is 12.0. The van der Waals surface area contributed by atoms with Crippen LogP contribution in [0.25, 0.3) is 0 Å². The monoisotopic (exact) mass is 426 g/mol. The molecule has 1 saturated heterocycles. The Balaban J connectivity index is 1.87. The van der Waals surface area contributed by atoms with Gasteiger partial charge in [-0.1, -0.05) is 18.2 Å². The Morgan fingerprint density at radius 1 is 1.21 bits per heavy atom. The predicted molar refractivity (Wildman–Crippen MR) is 116 cm³/mol. The van der Waals surface area contributed by atoms with Gasteiger partial charge in [-0.2, -0.15) is 0 Å². The smallest absolute Gasteiger partial charge is 0.191 e. The van der Waals surface area contributed by atoms with Crippen LogP contribution < -0.4 is 15.4 Å². The Bertz CT molecular complexity index is 749. The number of methoxy groups -OCH3 is 1. The summed E-state index contributed by atoms with van der Waals surface area (Å²) in [6.45, 7) is 4.02. The van der Waals surface area contributed by atoms with Crippen LogP contribution in [-0.2, 0) is 14.6 Å². The van der Waals surface area contributed by atoms with E-state index in [0.717, 1.165) is 18.8 Å². The highest BCUT2D eigenvalue weighted by Crippen LogP contribution is 2.31. The minimum atomic E-state index is -2.99. The van der Waals surface area contributed by atoms with Gasteiger partial charge >= 0.3 is 0 Å². The molecule has 0 aromatic heterocycles. The highest BCUT2D eigenvalue weighted by molar-refractivity contribution is 7.90. The molecule has 1 unspecified atom stereocenters. The van der Waals surface area contributed by atoms with E-state index in [4.69, 9.17) is 9.47 Å². The van der Waals surface area contributed by atoms with Crippen molar-refractivity contribution in [3.8, 4) is 5.75 Å². The Morgan fingerprint density at radius 3 is 2.59 bits per heavy atom. The van der Waals surface area contributed by atoms with Crippen LogP contribution in [0, 0.1) is 0 Å². The van der Waals surface area contributed by atoms with Crippen molar-refractivity contribution in [2.45, 2.75) is 18.9 Å². The van der Waals surface area contributed by atoms with Crippen LogP contribution in [0.1, 0.15) is 24.4 Å². The van der Waals surface area contributed by atoms with Crippen molar-refractivity contribution in [2.75, 3.05) is 65.6 Å². The van der Waals surface area contributed by atoms with Crippen LogP contribution in [0.3, 0.4) is 0 Å².